The van der Waals surface area contributed by atoms with Crippen LogP contribution in [0.4, 0.5) is 5.69 Å². The summed E-state index contributed by atoms with van der Waals surface area (Å²) in [6.07, 6.45) is 0.268. The zero-order valence-electron chi connectivity index (χ0n) is 9.92. The molecule has 2 rings (SSSR count). The monoisotopic (exact) mass is 264 g/mol. The molecule has 1 amide bonds. The van der Waals surface area contributed by atoms with Gasteiger partial charge in [-0.25, -0.2) is 0 Å². The van der Waals surface area contributed by atoms with Crippen molar-refractivity contribution in [2.24, 2.45) is 0 Å². The minimum Gasteiger partial charge on any atom is -0.326 e. The predicted molar refractivity (Wildman–Crippen MR) is 73.3 cm³/mol. The van der Waals surface area contributed by atoms with Crippen molar-refractivity contribution in [3.63, 3.8) is 0 Å². The molecule has 0 aliphatic rings. The van der Waals surface area contributed by atoms with Crippen LogP contribution in [-0.2, 0) is 4.79 Å². The molecule has 0 saturated carbocycles. The average molecular weight is 265 g/mol. The van der Waals surface area contributed by atoms with Crippen molar-refractivity contribution >= 4 is 34.1 Å². The molecule has 5 heteroatoms. The van der Waals surface area contributed by atoms with E-state index < -0.39 is 0 Å². The van der Waals surface area contributed by atoms with Gasteiger partial charge in [0, 0.05) is 29.4 Å². The second-order valence-corrected chi connectivity index (χ2v) is 4.44. The number of benzene rings is 1. The Bertz CT molecular complexity index is 649. The highest BCUT2D eigenvalue weighted by atomic mass is 35.5. The van der Waals surface area contributed by atoms with Gasteiger partial charge in [-0.2, -0.15) is 0 Å². The third-order valence-corrected chi connectivity index (χ3v) is 2.84. The topological polar surface area (TPSA) is 62.0 Å². The summed E-state index contributed by atoms with van der Waals surface area (Å²) in [5.74, 6) is 0.148. The Balaban J connectivity index is 2.38. The van der Waals surface area contributed by atoms with E-state index in [1.165, 1.54) is 0 Å². The van der Waals surface area contributed by atoms with Gasteiger partial charge in [0.2, 0.25) is 11.5 Å². The van der Waals surface area contributed by atoms with Crippen LogP contribution in [-0.4, -0.2) is 16.8 Å². The number of H-pyrrole nitrogens is 1. The normalized spacial score (nSPS) is 10.6. The molecule has 0 bridgehead atoms. The molecule has 0 unspecified atom stereocenters. The van der Waals surface area contributed by atoms with Crippen LogP contribution in [0.25, 0.3) is 10.9 Å². The maximum absolute atomic E-state index is 11.4. The van der Waals surface area contributed by atoms with Gasteiger partial charge >= 0.3 is 0 Å². The summed E-state index contributed by atoms with van der Waals surface area (Å²) in [5.41, 5.74) is 2.12. The molecule has 94 valence electrons. The van der Waals surface area contributed by atoms with E-state index in [9.17, 15) is 9.59 Å². The van der Waals surface area contributed by atoms with Crippen LogP contribution >= 0.6 is 11.6 Å². The lowest BCUT2D eigenvalue weighted by molar-refractivity contribution is -0.115. The fourth-order valence-electron chi connectivity index (χ4n) is 1.82. The summed E-state index contributed by atoms with van der Waals surface area (Å²) in [6, 6.07) is 6.97. The molecule has 0 saturated heterocycles. The van der Waals surface area contributed by atoms with E-state index in [-0.39, 0.29) is 23.8 Å². The van der Waals surface area contributed by atoms with Crippen LogP contribution < -0.4 is 10.9 Å². The number of carbonyl (C=O) groups excluding carboxylic acids is 1. The second kappa shape index (κ2) is 5.23. The number of rotatable bonds is 3. The van der Waals surface area contributed by atoms with Gasteiger partial charge in [-0.3, -0.25) is 9.59 Å². The number of halogens is 1. The number of alkyl halides is 1. The van der Waals surface area contributed by atoms with E-state index in [2.05, 4.69) is 10.3 Å². The van der Waals surface area contributed by atoms with Gasteiger partial charge < -0.3 is 10.3 Å². The highest BCUT2D eigenvalue weighted by Gasteiger charge is 2.04. The number of aromatic nitrogens is 1. The molecule has 2 N–H and O–H groups in total. The van der Waals surface area contributed by atoms with Crippen LogP contribution in [0.3, 0.4) is 0 Å². The Morgan fingerprint density at radius 1 is 1.39 bits per heavy atom. The molecular weight excluding hydrogens is 252 g/mol. The summed E-state index contributed by atoms with van der Waals surface area (Å²) < 4.78 is 0. The third kappa shape index (κ3) is 2.71. The molecule has 0 atom stereocenters. The Morgan fingerprint density at radius 3 is 2.89 bits per heavy atom. The number of amides is 1. The maximum atomic E-state index is 11.4. The maximum Gasteiger partial charge on any atom is 0.248 e. The average Bonchev–Trinajstić information content (AvgIpc) is 2.28. The molecule has 1 aromatic carbocycles. The van der Waals surface area contributed by atoms with E-state index in [0.717, 1.165) is 10.9 Å². The molecule has 1 aromatic heterocycles. The first-order chi connectivity index (χ1) is 8.60. The molecule has 0 aliphatic heterocycles. The molecule has 0 spiro atoms. The largest absolute Gasteiger partial charge is 0.326 e. The van der Waals surface area contributed by atoms with Crippen LogP contribution in [0.1, 0.15) is 12.0 Å². The lowest BCUT2D eigenvalue weighted by atomic mass is 10.1. The Kier molecular flexibility index (Phi) is 3.67. The van der Waals surface area contributed by atoms with E-state index >= 15 is 0 Å². The molecule has 2 aromatic rings. The fraction of sp³-hybridized carbons (Fsp3) is 0.231. The number of carbonyl (C=O) groups is 1. The highest BCUT2D eigenvalue weighted by molar-refractivity contribution is 6.19. The van der Waals surface area contributed by atoms with Gasteiger partial charge in [0.05, 0.1) is 5.52 Å². The summed E-state index contributed by atoms with van der Waals surface area (Å²) in [7, 11) is 0. The molecule has 4 nitrogen and oxygen atoms in total. The summed E-state index contributed by atoms with van der Waals surface area (Å²) in [5, 5.41) is 3.69. The first-order valence-electron chi connectivity index (χ1n) is 5.59. The zero-order valence-corrected chi connectivity index (χ0v) is 10.7. The minimum atomic E-state index is -0.149. The standard InChI is InChI=1S/C13H13ClN2O2/c1-8-6-13(18)16-11-7-9(2-3-10(8)11)15-12(17)4-5-14/h2-3,6-7H,4-5H2,1H3,(H,15,17)(H,16,18). The quantitative estimate of drug-likeness (QED) is 0.837. The smallest absolute Gasteiger partial charge is 0.248 e. The molecular formula is C13H13ClN2O2. The first-order valence-corrected chi connectivity index (χ1v) is 6.13. The van der Waals surface area contributed by atoms with Crippen molar-refractivity contribution in [1.29, 1.82) is 0 Å². The number of aromatic amines is 1. The fourth-order valence-corrected chi connectivity index (χ4v) is 1.99. The number of pyridine rings is 1. The lowest BCUT2D eigenvalue weighted by Crippen LogP contribution is -2.12. The van der Waals surface area contributed by atoms with Crippen molar-refractivity contribution in [2.45, 2.75) is 13.3 Å². The van der Waals surface area contributed by atoms with E-state index in [1.807, 2.05) is 13.0 Å². The first kappa shape index (κ1) is 12.6. The van der Waals surface area contributed by atoms with Crippen LogP contribution in [0, 0.1) is 6.92 Å². The van der Waals surface area contributed by atoms with Gasteiger partial charge in [0.1, 0.15) is 0 Å². The number of anilines is 1. The van der Waals surface area contributed by atoms with Crippen LogP contribution in [0.2, 0.25) is 0 Å². The molecule has 0 aliphatic carbocycles. The van der Waals surface area contributed by atoms with Crippen molar-refractivity contribution < 1.29 is 4.79 Å². The third-order valence-electron chi connectivity index (χ3n) is 2.66. The Hall–Kier alpha value is -1.81. The summed E-state index contributed by atoms with van der Waals surface area (Å²) in [4.78, 5) is 25.5. The van der Waals surface area contributed by atoms with E-state index in [0.29, 0.717) is 11.2 Å². The zero-order chi connectivity index (χ0) is 13.1. The predicted octanol–water partition coefficient (Wildman–Crippen LogP) is 2.40. The number of hydrogen-bond donors (Lipinski definition) is 2. The lowest BCUT2D eigenvalue weighted by Gasteiger charge is -2.06. The highest BCUT2D eigenvalue weighted by Crippen LogP contribution is 2.19. The number of fused-ring (bicyclic) bond motifs is 1. The summed E-state index contributed by atoms with van der Waals surface area (Å²) in [6.45, 7) is 1.88. The summed E-state index contributed by atoms with van der Waals surface area (Å²) >= 11 is 5.49. The SMILES string of the molecule is Cc1cc(=O)[nH]c2cc(NC(=O)CCCl)ccc12. The number of hydrogen-bond acceptors (Lipinski definition) is 2. The van der Waals surface area contributed by atoms with Gasteiger partial charge in [0.25, 0.3) is 0 Å². The van der Waals surface area contributed by atoms with Gasteiger partial charge in [0.15, 0.2) is 0 Å². The molecule has 0 radical (unpaired) electrons. The Morgan fingerprint density at radius 2 is 2.17 bits per heavy atom. The van der Waals surface area contributed by atoms with Gasteiger partial charge in [-0.1, -0.05) is 6.07 Å². The van der Waals surface area contributed by atoms with E-state index in [1.54, 1.807) is 18.2 Å². The van der Waals surface area contributed by atoms with Crippen LogP contribution in [0.15, 0.2) is 29.1 Å². The van der Waals surface area contributed by atoms with Gasteiger partial charge in [-0.15, -0.1) is 11.6 Å². The van der Waals surface area contributed by atoms with E-state index in [4.69, 9.17) is 11.6 Å². The van der Waals surface area contributed by atoms with Crippen molar-refractivity contribution in [3.8, 4) is 0 Å². The molecule has 1 heterocycles. The van der Waals surface area contributed by atoms with Gasteiger partial charge in [-0.05, 0) is 24.6 Å². The molecule has 0 fully saturated rings. The van der Waals surface area contributed by atoms with Crippen molar-refractivity contribution in [3.05, 3.63) is 40.2 Å². The van der Waals surface area contributed by atoms with Crippen molar-refractivity contribution in [1.82, 2.24) is 4.98 Å². The Labute approximate surface area is 109 Å². The number of aryl methyl sites for hydroxylation is 1. The minimum absolute atomic E-state index is 0.139. The number of nitrogens with one attached hydrogen (secondary N) is 2. The molecule has 18 heavy (non-hydrogen) atoms. The second-order valence-electron chi connectivity index (χ2n) is 4.06. The van der Waals surface area contributed by atoms with Crippen LogP contribution in [0.5, 0.6) is 0 Å². The van der Waals surface area contributed by atoms with Crippen molar-refractivity contribution in [2.75, 3.05) is 11.2 Å².